The van der Waals surface area contributed by atoms with Crippen molar-refractivity contribution in [2.24, 2.45) is 5.92 Å². The molecule has 0 N–H and O–H groups in total. The van der Waals surface area contributed by atoms with Crippen LogP contribution in [0.3, 0.4) is 0 Å². The maximum absolute atomic E-state index is 13.0. The first-order chi connectivity index (χ1) is 14.1. The van der Waals surface area contributed by atoms with Crippen LogP contribution in [-0.4, -0.2) is 20.1 Å². The Balaban J connectivity index is 1.84. The topological polar surface area (TPSA) is 26.3 Å². The summed E-state index contributed by atoms with van der Waals surface area (Å²) in [6, 6.07) is 17.4. The lowest BCUT2D eigenvalue weighted by molar-refractivity contribution is 0.0252. The summed E-state index contributed by atoms with van der Waals surface area (Å²) in [5, 5.41) is 2.20. The number of ether oxygens (including phenoxy) is 1. The number of carbonyl (C=O) groups is 1. The smallest absolute Gasteiger partial charge is 0.339 e. The van der Waals surface area contributed by atoms with Crippen LogP contribution in [0.4, 0.5) is 0 Å². The first-order valence-corrected chi connectivity index (χ1v) is 14.0. The van der Waals surface area contributed by atoms with Crippen molar-refractivity contribution in [1.29, 1.82) is 0 Å². The second kappa shape index (κ2) is 10.1. The molecule has 0 aromatic heterocycles. The fourth-order valence-electron chi connectivity index (χ4n) is 4.42. The van der Waals surface area contributed by atoms with Gasteiger partial charge in [0, 0.05) is 5.92 Å². The third kappa shape index (κ3) is 5.31. The molecule has 154 valence electrons. The Bertz CT molecular complexity index is 874. The van der Waals surface area contributed by atoms with Gasteiger partial charge in [0.1, 0.15) is 8.07 Å². The van der Waals surface area contributed by atoms with E-state index in [0.29, 0.717) is 11.5 Å². The van der Waals surface area contributed by atoms with Crippen molar-refractivity contribution in [2.45, 2.75) is 77.1 Å². The number of fused-ring (bicyclic) bond motifs is 1. The van der Waals surface area contributed by atoms with Crippen LogP contribution in [0.25, 0.3) is 10.8 Å². The van der Waals surface area contributed by atoms with Gasteiger partial charge in [0.05, 0.1) is 5.56 Å². The van der Waals surface area contributed by atoms with Gasteiger partial charge in [0.25, 0.3) is 0 Å². The van der Waals surface area contributed by atoms with Gasteiger partial charge in [0.2, 0.25) is 0 Å². The van der Waals surface area contributed by atoms with Crippen LogP contribution in [0.5, 0.6) is 0 Å². The molecule has 2 nitrogen and oxygen atoms in total. The third-order valence-corrected chi connectivity index (χ3v) is 11.5. The Morgan fingerprint density at radius 3 is 2.31 bits per heavy atom. The minimum atomic E-state index is -1.56. The van der Waals surface area contributed by atoms with Gasteiger partial charge < -0.3 is 4.74 Å². The van der Waals surface area contributed by atoms with Crippen LogP contribution in [0.1, 0.15) is 63.2 Å². The minimum Gasteiger partial charge on any atom is -0.445 e. The van der Waals surface area contributed by atoms with E-state index < -0.39 is 8.07 Å². The summed E-state index contributed by atoms with van der Waals surface area (Å²) in [4.78, 5) is 13.0. The Labute approximate surface area is 177 Å². The van der Waals surface area contributed by atoms with Crippen molar-refractivity contribution in [3.05, 3.63) is 48.0 Å². The molecule has 1 fully saturated rings. The summed E-state index contributed by atoms with van der Waals surface area (Å²) in [6.07, 6.45) is 5.67. The van der Waals surface area contributed by atoms with Crippen LogP contribution in [0, 0.1) is 17.4 Å². The number of esters is 1. The first kappa shape index (κ1) is 21.7. The molecule has 0 bridgehead atoms. The van der Waals surface area contributed by atoms with Gasteiger partial charge in [-0.2, -0.15) is 0 Å². The maximum Gasteiger partial charge on any atom is 0.339 e. The summed E-state index contributed by atoms with van der Waals surface area (Å²) in [5.74, 6) is 3.62. The van der Waals surface area contributed by atoms with Crippen molar-refractivity contribution < 1.29 is 9.53 Å². The highest BCUT2D eigenvalue weighted by atomic mass is 28.3. The molecule has 0 heterocycles. The van der Waals surface area contributed by atoms with Crippen LogP contribution in [0.15, 0.2) is 42.5 Å². The zero-order chi connectivity index (χ0) is 20.7. The predicted octanol–water partition coefficient (Wildman–Crippen LogP) is 7.00. The van der Waals surface area contributed by atoms with E-state index in [1.165, 1.54) is 37.4 Å². The van der Waals surface area contributed by atoms with Gasteiger partial charge in [-0.25, -0.2) is 4.79 Å². The van der Waals surface area contributed by atoms with Gasteiger partial charge >= 0.3 is 5.97 Å². The number of hydrogen-bond donors (Lipinski definition) is 0. The second-order valence-electron chi connectivity index (χ2n) is 8.40. The van der Waals surface area contributed by atoms with Gasteiger partial charge in [-0.15, -0.1) is 5.54 Å². The molecule has 1 aliphatic rings. The Kier molecular flexibility index (Phi) is 7.55. The molecule has 1 atom stereocenters. The first-order valence-electron chi connectivity index (χ1n) is 11.3. The molecule has 0 spiro atoms. The minimum absolute atomic E-state index is 0.239. The monoisotopic (exact) mass is 406 g/mol. The average molecular weight is 407 g/mol. The lowest BCUT2D eigenvalue weighted by atomic mass is 9.85. The quantitative estimate of drug-likeness (QED) is 0.293. The van der Waals surface area contributed by atoms with Crippen molar-refractivity contribution in [1.82, 2.24) is 0 Å². The SMILES string of the molecule is CC[Si](C#C[C@@H](OC(=O)c1ccc2ccccc2c1)C1CCCCC1)(CC)CC. The van der Waals surface area contributed by atoms with Crippen molar-refractivity contribution >= 4 is 24.8 Å². The lowest BCUT2D eigenvalue weighted by Gasteiger charge is -2.27. The van der Waals surface area contributed by atoms with Crippen molar-refractivity contribution in [3.63, 3.8) is 0 Å². The summed E-state index contributed by atoms with van der Waals surface area (Å²) < 4.78 is 6.06. The van der Waals surface area contributed by atoms with E-state index in [9.17, 15) is 4.79 Å². The molecule has 1 aliphatic carbocycles. The third-order valence-electron chi connectivity index (χ3n) is 6.81. The van der Waals surface area contributed by atoms with E-state index in [4.69, 9.17) is 4.74 Å². The summed E-state index contributed by atoms with van der Waals surface area (Å²) in [6.45, 7) is 6.81. The molecule has 3 rings (SSSR count). The van der Waals surface area contributed by atoms with Crippen LogP contribution in [-0.2, 0) is 4.74 Å². The fraction of sp³-hybridized carbons (Fsp3) is 0.500. The van der Waals surface area contributed by atoms with Crippen LogP contribution >= 0.6 is 0 Å². The lowest BCUT2D eigenvalue weighted by Crippen LogP contribution is -2.32. The van der Waals surface area contributed by atoms with Crippen LogP contribution in [0.2, 0.25) is 18.1 Å². The summed E-state index contributed by atoms with van der Waals surface area (Å²) in [5.41, 5.74) is 4.30. The summed E-state index contributed by atoms with van der Waals surface area (Å²) >= 11 is 0. The normalized spacial score (nSPS) is 16.1. The molecule has 2 aromatic carbocycles. The molecule has 0 amide bonds. The Morgan fingerprint density at radius 2 is 1.66 bits per heavy atom. The predicted molar refractivity (Wildman–Crippen MR) is 125 cm³/mol. The number of benzene rings is 2. The molecule has 0 unspecified atom stereocenters. The zero-order valence-corrected chi connectivity index (χ0v) is 19.2. The summed E-state index contributed by atoms with van der Waals surface area (Å²) in [7, 11) is -1.56. The maximum atomic E-state index is 13.0. The highest BCUT2D eigenvalue weighted by Crippen LogP contribution is 2.29. The molecule has 0 radical (unpaired) electrons. The van der Waals surface area contributed by atoms with E-state index in [1.54, 1.807) is 0 Å². The fourth-order valence-corrected chi connectivity index (χ4v) is 6.90. The number of carbonyl (C=O) groups excluding carboxylic acids is 1. The highest BCUT2D eigenvalue weighted by Gasteiger charge is 2.28. The van der Waals surface area contributed by atoms with Gasteiger partial charge in [-0.1, -0.05) is 76.3 Å². The van der Waals surface area contributed by atoms with E-state index in [2.05, 4.69) is 38.3 Å². The average Bonchev–Trinajstić information content (AvgIpc) is 2.79. The van der Waals surface area contributed by atoms with Crippen molar-refractivity contribution in [2.75, 3.05) is 0 Å². The number of hydrogen-bond acceptors (Lipinski definition) is 2. The van der Waals surface area contributed by atoms with Gasteiger partial charge in [0.15, 0.2) is 6.10 Å². The van der Waals surface area contributed by atoms with Crippen molar-refractivity contribution in [3.8, 4) is 11.5 Å². The second-order valence-corrected chi connectivity index (χ2v) is 13.3. The number of rotatable bonds is 6. The Hall–Kier alpha value is -2.05. The molecule has 29 heavy (non-hydrogen) atoms. The molecular weight excluding hydrogens is 372 g/mol. The van der Waals surface area contributed by atoms with Gasteiger partial charge in [-0.05, 0) is 53.9 Å². The van der Waals surface area contributed by atoms with E-state index in [-0.39, 0.29) is 12.1 Å². The van der Waals surface area contributed by atoms with E-state index in [0.717, 1.165) is 23.6 Å². The van der Waals surface area contributed by atoms with E-state index in [1.807, 2.05) is 36.4 Å². The molecule has 2 aromatic rings. The van der Waals surface area contributed by atoms with E-state index >= 15 is 0 Å². The molecule has 3 heteroatoms. The zero-order valence-electron chi connectivity index (χ0n) is 18.2. The Morgan fingerprint density at radius 1 is 1.00 bits per heavy atom. The molecule has 0 aliphatic heterocycles. The largest absolute Gasteiger partial charge is 0.445 e. The molecule has 1 saturated carbocycles. The standard InChI is InChI=1S/C26H34O2Si/c1-4-29(5-2,6-3)19-18-25(22-13-8-7-9-14-22)28-26(27)24-17-16-21-12-10-11-15-23(21)20-24/h10-12,15-17,20,22,25H,4-9,13-14H2,1-3H3/t25-/m1/s1. The van der Waals surface area contributed by atoms with Gasteiger partial charge in [-0.3, -0.25) is 0 Å². The van der Waals surface area contributed by atoms with Crippen LogP contribution < -0.4 is 0 Å². The molecular formula is C26H34O2Si. The molecule has 0 saturated heterocycles. The highest BCUT2D eigenvalue weighted by molar-refractivity contribution is 6.87.